The van der Waals surface area contributed by atoms with Crippen LogP contribution in [0.25, 0.3) is 121 Å². The van der Waals surface area contributed by atoms with Crippen molar-refractivity contribution in [2.75, 3.05) is 144 Å². The first-order chi connectivity index (χ1) is 63.8. The van der Waals surface area contributed by atoms with Gasteiger partial charge in [-0.15, -0.1) is 0 Å². The lowest BCUT2D eigenvalue weighted by Gasteiger charge is -2.40. The molecule has 29 heteroatoms. The van der Waals surface area contributed by atoms with Gasteiger partial charge in [-0.05, 0) is 174 Å². The summed E-state index contributed by atoms with van der Waals surface area (Å²) < 4.78 is 20.3. The Hall–Kier alpha value is -15.7. The maximum atomic E-state index is 14.2. The van der Waals surface area contributed by atoms with Crippen molar-refractivity contribution in [2.45, 2.75) is 32.2 Å². The highest BCUT2D eigenvalue weighted by atomic mass is 19.1. The molecule has 8 aromatic heterocycles. The van der Waals surface area contributed by atoms with Crippen molar-refractivity contribution < 1.29 is 48.7 Å². The number of carbonyl (C=O) groups is 4. The van der Waals surface area contributed by atoms with Gasteiger partial charge >= 0.3 is 6.01 Å². The largest absolute Gasteiger partial charge is 0.508 e. The number of anilines is 4. The van der Waals surface area contributed by atoms with Crippen LogP contribution in [0.15, 0.2) is 258 Å². The number of likely N-dealkylation sites (tertiary alicyclic amines) is 1. The second kappa shape index (κ2) is 39.3. The summed E-state index contributed by atoms with van der Waals surface area (Å²) in [4.78, 5) is 112. The molecule has 5 aliphatic heterocycles. The molecule has 13 heterocycles. The molecule has 0 aliphatic carbocycles. The summed E-state index contributed by atoms with van der Waals surface area (Å²) in [7, 11) is 0. The predicted molar refractivity (Wildman–Crippen MR) is 511 cm³/mol. The number of phenols is 4. The van der Waals surface area contributed by atoms with Crippen LogP contribution in [-0.2, 0) is 19.2 Å². The van der Waals surface area contributed by atoms with E-state index in [0.29, 0.717) is 115 Å². The first kappa shape index (κ1) is 87.4. The van der Waals surface area contributed by atoms with Crippen LogP contribution in [0.5, 0.6) is 29.0 Å². The highest BCUT2D eigenvalue weighted by Crippen LogP contribution is 2.41. The van der Waals surface area contributed by atoms with Gasteiger partial charge < -0.3 is 64.4 Å². The maximum Gasteiger partial charge on any atom is 0.318 e. The van der Waals surface area contributed by atoms with Crippen LogP contribution >= 0.6 is 0 Å². The summed E-state index contributed by atoms with van der Waals surface area (Å²) in [5.74, 6) is 1.28. The number of amides is 4. The van der Waals surface area contributed by atoms with Crippen LogP contribution in [0.1, 0.15) is 26.2 Å². The van der Waals surface area contributed by atoms with Crippen LogP contribution in [-0.4, -0.2) is 249 Å². The SMILES string of the molecule is C=CC(=O)N1CCN(c2ccnc3cc(-c4c(O)cccc4F)ncc23)CC1.C=CC(=O)N1CCN(c2ccnc3cc(-c4cc(O)cc5ccccc45)ncc23)CC1.C=CC(=O)N1CCN(c2nc(OCCN3CCCCC3)nc3cc(-c4cc(O)cc5ccccc45)ncc23)CC1.C=CC(=O)N1CCN(c2ncnc3cc(-c4cc(O)cc5ccccc45)ncc23)CC1C. The number of fused-ring (bicyclic) bond motifs is 7. The lowest BCUT2D eigenvalue weighted by Crippen LogP contribution is -2.54. The molecule has 1 unspecified atom stereocenters. The van der Waals surface area contributed by atoms with Crippen LogP contribution < -0.4 is 24.3 Å². The fourth-order valence-corrected chi connectivity index (χ4v) is 17.9. The van der Waals surface area contributed by atoms with E-state index in [1.165, 1.54) is 61.8 Å². The van der Waals surface area contributed by atoms with Crippen molar-refractivity contribution >= 4 is 123 Å². The van der Waals surface area contributed by atoms with Gasteiger partial charge in [-0.3, -0.25) is 54.0 Å². The molecule has 4 amide bonds. The van der Waals surface area contributed by atoms with Gasteiger partial charge in [0.15, 0.2) is 0 Å². The van der Waals surface area contributed by atoms with Crippen LogP contribution in [0, 0.1) is 5.82 Å². The minimum atomic E-state index is -0.536. The Labute approximate surface area is 755 Å². The zero-order valence-corrected chi connectivity index (χ0v) is 72.6. The van der Waals surface area contributed by atoms with Gasteiger partial charge in [-0.25, -0.2) is 14.4 Å². The molecular weight excluding hydrogens is 1650 g/mol. The van der Waals surface area contributed by atoms with Gasteiger partial charge in [0.1, 0.15) is 53.4 Å². The second-order valence-electron chi connectivity index (χ2n) is 32.6. The summed E-state index contributed by atoms with van der Waals surface area (Å²) >= 11 is 0. The molecule has 0 saturated carbocycles. The Morgan fingerprint density at radius 3 is 1.31 bits per heavy atom. The Morgan fingerprint density at radius 2 is 0.832 bits per heavy atom. The van der Waals surface area contributed by atoms with E-state index in [-0.39, 0.29) is 58.2 Å². The molecule has 1 atom stereocenters. The smallest absolute Gasteiger partial charge is 0.318 e. The van der Waals surface area contributed by atoms with Gasteiger partial charge in [-0.1, -0.05) is 112 Å². The molecule has 15 aromatic rings. The standard InChI is InChI=1S/C31H34N6O3.C25H23N5O2.C25H22N4O2.C21H19FN4O2/c1-2-29(39)36-12-14-37(15-13-36)30-26-21-32-27(25-19-23(38)18-22-8-4-5-9-24(22)25)20-28(26)33-31(34-30)40-17-16-35-10-6-3-7-11-35;1-3-24(32)30-9-8-29(14-16(30)2)25-21-13-26-22(12-23(21)27-15-28-25)20-11-18(31)10-17-6-4-5-7-19(17)20;1-2-25(31)29-11-9-28(10-12-29)24-7-8-26-23-15-22(27-16-21(23)24)20-14-18(30)13-17-5-3-4-6-19(17)20;1-2-20(28)26-10-8-25(9-11-26)18-6-7-23-16-12-17(24-13-14(16)18)21-15(22)4-3-5-19(21)27/h2,4-5,8-9,18-21,38H,1,3,6-7,10-17H2;3-7,10-13,15-16,31H,1,8-9,14H2,2H3;2-8,13-16,30H,1,9-12H2;2-7,12-13,27H,1,8-11H2. The first-order valence-electron chi connectivity index (χ1n) is 43.8. The number of hydrogen-bond acceptors (Lipinski definition) is 24. The minimum Gasteiger partial charge on any atom is -0.508 e. The monoisotopic (exact) mass is 1750 g/mol. The van der Waals surface area contributed by atoms with Crippen molar-refractivity contribution in [3.8, 4) is 74.0 Å². The molecule has 20 rings (SSSR count). The van der Waals surface area contributed by atoms with Crippen molar-refractivity contribution in [1.82, 2.24) is 74.3 Å². The van der Waals surface area contributed by atoms with E-state index in [0.717, 1.165) is 154 Å². The zero-order valence-electron chi connectivity index (χ0n) is 72.6. The fourth-order valence-electron chi connectivity index (χ4n) is 17.9. The van der Waals surface area contributed by atoms with E-state index in [1.807, 2.05) is 132 Å². The molecule has 0 spiro atoms. The summed E-state index contributed by atoms with van der Waals surface area (Å²) in [5.41, 5.74) is 10.2. The number of rotatable bonds is 16. The van der Waals surface area contributed by atoms with E-state index in [1.54, 1.807) is 83.4 Å². The van der Waals surface area contributed by atoms with Crippen molar-refractivity contribution in [2.24, 2.45) is 0 Å². The summed E-state index contributed by atoms with van der Waals surface area (Å²) in [6.07, 6.45) is 21.4. The Morgan fingerprint density at radius 1 is 0.405 bits per heavy atom. The number of pyridine rings is 6. The number of aromatic nitrogens is 10. The van der Waals surface area contributed by atoms with E-state index < -0.39 is 5.82 Å². The molecule has 0 bridgehead atoms. The number of carbonyl (C=O) groups excluding carboxylic acids is 4. The molecule has 5 saturated heterocycles. The highest BCUT2D eigenvalue weighted by Gasteiger charge is 2.31. The molecule has 28 nitrogen and oxygen atoms in total. The quantitative estimate of drug-likeness (QED) is 0.0653. The Balaban J connectivity index is 0.000000123. The second-order valence-corrected chi connectivity index (χ2v) is 32.6. The first-order valence-corrected chi connectivity index (χ1v) is 43.8. The molecule has 4 N–H and O–H groups in total. The Kier molecular flexibility index (Phi) is 26.2. The normalized spacial score (nSPS) is 15.5. The maximum absolute atomic E-state index is 14.2. The molecule has 5 fully saturated rings. The van der Waals surface area contributed by atoms with E-state index in [2.05, 4.69) is 75.7 Å². The third-order valence-electron chi connectivity index (χ3n) is 24.6. The summed E-state index contributed by atoms with van der Waals surface area (Å²) in [6.45, 7) is 29.7. The average molecular weight is 1750 g/mol. The number of ether oxygens (including phenoxy) is 1. The number of phenolic OH excluding ortho intramolecular Hbond substituents is 4. The van der Waals surface area contributed by atoms with E-state index in [9.17, 15) is 44.0 Å². The molecule has 5 aliphatic rings. The number of nitrogens with zero attached hydrogens (tertiary/aromatic N) is 19. The number of piperidine rings is 1. The third-order valence-corrected chi connectivity index (χ3v) is 24.6. The molecule has 7 aromatic carbocycles. The lowest BCUT2D eigenvalue weighted by atomic mass is 10.0. The van der Waals surface area contributed by atoms with Gasteiger partial charge in [0.2, 0.25) is 23.6 Å². The average Bonchev–Trinajstić information content (AvgIpc) is 0.782. The van der Waals surface area contributed by atoms with Crippen LogP contribution in [0.3, 0.4) is 0 Å². The molecule has 662 valence electrons. The number of aromatic hydroxyl groups is 4. The van der Waals surface area contributed by atoms with Gasteiger partial charge in [-0.2, -0.15) is 9.97 Å². The number of benzene rings is 7. The van der Waals surface area contributed by atoms with Gasteiger partial charge in [0, 0.05) is 187 Å². The predicted octanol–water partition coefficient (Wildman–Crippen LogP) is 15.0. The Bertz CT molecular complexity index is 6880. The van der Waals surface area contributed by atoms with Crippen LogP contribution in [0.4, 0.5) is 27.4 Å². The zero-order chi connectivity index (χ0) is 90.8. The summed E-state index contributed by atoms with van der Waals surface area (Å²) in [6, 6.07) is 50.3. The van der Waals surface area contributed by atoms with Crippen molar-refractivity contribution in [3.63, 3.8) is 0 Å². The van der Waals surface area contributed by atoms with Crippen molar-refractivity contribution in [1.29, 1.82) is 0 Å². The molecule has 131 heavy (non-hydrogen) atoms. The molecular formula is C102H98FN19O9. The number of halogens is 1. The van der Waals surface area contributed by atoms with Crippen molar-refractivity contribution in [3.05, 3.63) is 264 Å². The number of hydrogen-bond donors (Lipinski definition) is 4. The number of piperazine rings is 4. The van der Waals surface area contributed by atoms with E-state index >= 15 is 0 Å². The van der Waals surface area contributed by atoms with Gasteiger partial charge in [0.25, 0.3) is 0 Å². The lowest BCUT2D eigenvalue weighted by molar-refractivity contribution is -0.128. The highest BCUT2D eigenvalue weighted by molar-refractivity contribution is 6.04. The minimum absolute atomic E-state index is 0.0242. The summed E-state index contributed by atoms with van der Waals surface area (Å²) in [5, 5.41) is 50.2. The fraction of sp³-hybridized carbons (Fsp3) is 0.235. The van der Waals surface area contributed by atoms with E-state index in [4.69, 9.17) is 29.7 Å². The topological polar surface area (TPSA) is 316 Å². The van der Waals surface area contributed by atoms with Gasteiger partial charge in [0.05, 0.1) is 61.2 Å². The van der Waals surface area contributed by atoms with Crippen LogP contribution in [0.2, 0.25) is 0 Å². The third kappa shape index (κ3) is 19.2. The molecule has 0 radical (unpaired) electrons.